The van der Waals surface area contributed by atoms with Gasteiger partial charge in [-0.2, -0.15) is 18.3 Å². The van der Waals surface area contributed by atoms with Crippen molar-refractivity contribution >= 4 is 23.4 Å². The van der Waals surface area contributed by atoms with E-state index < -0.39 is 24.5 Å². The Kier molecular flexibility index (Phi) is 6.07. The molecule has 6 nitrogen and oxygen atoms in total. The van der Waals surface area contributed by atoms with Gasteiger partial charge in [-0.05, 0) is 20.8 Å². The van der Waals surface area contributed by atoms with E-state index in [1.54, 1.807) is 20.8 Å². The molecule has 0 radical (unpaired) electrons. The highest BCUT2D eigenvalue weighted by molar-refractivity contribution is 6.32. The van der Waals surface area contributed by atoms with E-state index in [2.05, 4.69) is 15.2 Å². The van der Waals surface area contributed by atoms with Crippen molar-refractivity contribution in [2.24, 2.45) is 0 Å². The van der Waals surface area contributed by atoms with Crippen LogP contribution in [-0.4, -0.2) is 40.9 Å². The number of carbonyl (C=O) groups is 1. The second kappa shape index (κ2) is 7.19. The second-order valence-electron chi connectivity index (χ2n) is 5.37. The summed E-state index contributed by atoms with van der Waals surface area (Å²) in [5, 5.41) is 6.33. The fourth-order valence-corrected chi connectivity index (χ4v) is 1.59. The maximum Gasteiger partial charge on any atom is 0.412 e. The van der Waals surface area contributed by atoms with Gasteiger partial charge < -0.3 is 9.47 Å². The van der Waals surface area contributed by atoms with Crippen molar-refractivity contribution in [3.05, 3.63) is 11.3 Å². The number of rotatable bonds is 5. The summed E-state index contributed by atoms with van der Waals surface area (Å²) >= 11 is 5.96. The Morgan fingerprint density at radius 3 is 2.59 bits per heavy atom. The lowest BCUT2D eigenvalue weighted by molar-refractivity contribution is -0.174. The molecule has 126 valence electrons. The number of ether oxygens (including phenoxy) is 2. The maximum atomic E-state index is 11.9. The van der Waals surface area contributed by atoms with Gasteiger partial charge in [0.25, 0.3) is 0 Å². The lowest BCUT2D eigenvalue weighted by Gasteiger charge is -2.19. The molecule has 1 aromatic heterocycles. The molecule has 1 amide bonds. The smallest absolute Gasteiger partial charge is 0.412 e. The molecule has 0 aromatic carbocycles. The molecular formula is C12H17ClF3N3O3. The number of hydrogen-bond donors (Lipinski definition) is 1. The summed E-state index contributed by atoms with van der Waals surface area (Å²) in [7, 11) is 0. The maximum absolute atomic E-state index is 11.9. The van der Waals surface area contributed by atoms with E-state index in [4.69, 9.17) is 16.3 Å². The first-order valence-electron chi connectivity index (χ1n) is 6.34. The standard InChI is InChI=1S/C12H17ClF3N3O3/c1-11(2,3)22-10(20)18-8-6-17-19(9(8)13)4-5-21-7-12(14,15)16/h6H,4-5,7H2,1-3H3,(H,18,20). The Labute approximate surface area is 130 Å². The molecular weight excluding hydrogens is 327 g/mol. The van der Waals surface area contributed by atoms with E-state index in [0.717, 1.165) is 0 Å². The van der Waals surface area contributed by atoms with Crippen LogP contribution < -0.4 is 5.32 Å². The van der Waals surface area contributed by atoms with E-state index in [1.807, 2.05) is 0 Å². The molecule has 0 spiro atoms. The van der Waals surface area contributed by atoms with E-state index in [0.29, 0.717) is 0 Å². The minimum atomic E-state index is -4.38. The number of aromatic nitrogens is 2. The molecule has 22 heavy (non-hydrogen) atoms. The van der Waals surface area contributed by atoms with Gasteiger partial charge in [-0.25, -0.2) is 9.48 Å². The molecule has 0 fully saturated rings. The van der Waals surface area contributed by atoms with Gasteiger partial charge >= 0.3 is 12.3 Å². The van der Waals surface area contributed by atoms with E-state index in [-0.39, 0.29) is 24.0 Å². The zero-order valence-electron chi connectivity index (χ0n) is 12.3. The Morgan fingerprint density at radius 2 is 2.05 bits per heavy atom. The Bertz CT molecular complexity index is 512. The largest absolute Gasteiger partial charge is 0.444 e. The predicted octanol–water partition coefficient (Wildman–Crippen LogP) is 3.46. The average molecular weight is 344 g/mol. The summed E-state index contributed by atoms with van der Waals surface area (Å²) in [4.78, 5) is 11.6. The fourth-order valence-electron chi connectivity index (χ4n) is 1.36. The molecule has 1 N–H and O–H groups in total. The summed E-state index contributed by atoms with van der Waals surface area (Å²) in [6, 6.07) is 0. The summed E-state index contributed by atoms with van der Waals surface area (Å²) in [5.74, 6) is 0. The van der Waals surface area contributed by atoms with Crippen LogP contribution in [-0.2, 0) is 16.0 Å². The first kappa shape index (κ1) is 18.6. The van der Waals surface area contributed by atoms with Crippen molar-refractivity contribution in [2.45, 2.75) is 39.1 Å². The van der Waals surface area contributed by atoms with Gasteiger partial charge in [0.2, 0.25) is 0 Å². The van der Waals surface area contributed by atoms with Crippen LogP contribution in [0.25, 0.3) is 0 Å². The number of hydrogen-bond acceptors (Lipinski definition) is 4. The van der Waals surface area contributed by atoms with Crippen molar-refractivity contribution in [3.63, 3.8) is 0 Å². The summed E-state index contributed by atoms with van der Waals surface area (Å²) in [6.45, 7) is 3.58. The van der Waals surface area contributed by atoms with Crippen molar-refractivity contribution in [2.75, 3.05) is 18.5 Å². The molecule has 1 rings (SSSR count). The molecule has 0 saturated carbocycles. The summed E-state index contributed by atoms with van der Waals surface area (Å²) in [5.41, 5.74) is -0.468. The third-order valence-electron chi connectivity index (χ3n) is 2.12. The molecule has 1 aromatic rings. The van der Waals surface area contributed by atoms with Crippen LogP contribution in [0.3, 0.4) is 0 Å². The normalized spacial score (nSPS) is 12.3. The number of amides is 1. The van der Waals surface area contributed by atoms with Crippen molar-refractivity contribution in [3.8, 4) is 0 Å². The number of nitrogens with zero attached hydrogens (tertiary/aromatic N) is 2. The first-order valence-corrected chi connectivity index (χ1v) is 6.71. The molecule has 0 atom stereocenters. The number of halogens is 4. The van der Waals surface area contributed by atoms with E-state index in [9.17, 15) is 18.0 Å². The molecule has 1 heterocycles. The molecule has 0 saturated heterocycles. The minimum Gasteiger partial charge on any atom is -0.444 e. The third-order valence-corrected chi connectivity index (χ3v) is 2.52. The topological polar surface area (TPSA) is 65.4 Å². The molecule has 0 bridgehead atoms. The molecule has 0 unspecified atom stereocenters. The minimum absolute atomic E-state index is 0.0188. The van der Waals surface area contributed by atoms with Gasteiger partial charge in [-0.15, -0.1) is 0 Å². The first-order chi connectivity index (χ1) is 9.98. The molecule has 0 aliphatic carbocycles. The zero-order chi connectivity index (χ0) is 17.0. The number of anilines is 1. The van der Waals surface area contributed by atoms with Crippen LogP contribution in [0.4, 0.5) is 23.7 Å². The number of carbonyl (C=O) groups excluding carboxylic acids is 1. The van der Waals surface area contributed by atoms with Crippen LogP contribution in [0.2, 0.25) is 5.15 Å². The average Bonchev–Trinajstić information content (AvgIpc) is 2.63. The summed E-state index contributed by atoms with van der Waals surface area (Å²) < 4.78 is 46.4. The van der Waals surface area contributed by atoms with Crippen LogP contribution in [0.5, 0.6) is 0 Å². The van der Waals surface area contributed by atoms with Gasteiger partial charge in [0.05, 0.1) is 19.3 Å². The quantitative estimate of drug-likeness (QED) is 0.831. The molecule has 10 heteroatoms. The SMILES string of the molecule is CC(C)(C)OC(=O)Nc1cnn(CCOCC(F)(F)F)c1Cl. The zero-order valence-corrected chi connectivity index (χ0v) is 13.1. The van der Waals surface area contributed by atoms with E-state index in [1.165, 1.54) is 10.9 Å². The molecule has 0 aliphatic rings. The van der Waals surface area contributed by atoms with Gasteiger partial charge in [0.1, 0.15) is 17.9 Å². The van der Waals surface area contributed by atoms with Crippen molar-refractivity contribution in [1.29, 1.82) is 0 Å². The van der Waals surface area contributed by atoms with E-state index >= 15 is 0 Å². The van der Waals surface area contributed by atoms with Crippen molar-refractivity contribution in [1.82, 2.24) is 9.78 Å². The summed E-state index contributed by atoms with van der Waals surface area (Å²) in [6.07, 6.45) is -3.81. The Morgan fingerprint density at radius 1 is 1.41 bits per heavy atom. The van der Waals surface area contributed by atoms with Crippen LogP contribution in [0.1, 0.15) is 20.8 Å². The van der Waals surface area contributed by atoms with Gasteiger partial charge in [0, 0.05) is 0 Å². The van der Waals surface area contributed by atoms with Crippen LogP contribution >= 0.6 is 11.6 Å². The highest BCUT2D eigenvalue weighted by Gasteiger charge is 2.27. The highest BCUT2D eigenvalue weighted by atomic mass is 35.5. The Balaban J connectivity index is 2.50. The van der Waals surface area contributed by atoms with Gasteiger partial charge in [-0.1, -0.05) is 11.6 Å². The monoisotopic (exact) mass is 343 g/mol. The predicted molar refractivity (Wildman–Crippen MR) is 74.0 cm³/mol. The number of nitrogens with one attached hydrogen (secondary N) is 1. The molecule has 0 aliphatic heterocycles. The van der Waals surface area contributed by atoms with Gasteiger partial charge in [-0.3, -0.25) is 5.32 Å². The van der Waals surface area contributed by atoms with Crippen LogP contribution in [0.15, 0.2) is 6.20 Å². The highest BCUT2D eigenvalue weighted by Crippen LogP contribution is 2.22. The second-order valence-corrected chi connectivity index (χ2v) is 5.72. The van der Waals surface area contributed by atoms with Crippen molar-refractivity contribution < 1.29 is 27.4 Å². The third kappa shape index (κ3) is 6.99. The fraction of sp³-hybridized carbons (Fsp3) is 0.667. The van der Waals surface area contributed by atoms with Crippen LogP contribution in [0, 0.1) is 0 Å². The number of alkyl halides is 3. The lowest BCUT2D eigenvalue weighted by atomic mass is 10.2. The van der Waals surface area contributed by atoms with Gasteiger partial charge in [0.15, 0.2) is 5.15 Å². The lowest BCUT2D eigenvalue weighted by Crippen LogP contribution is -2.27. The Hall–Kier alpha value is -1.48.